The summed E-state index contributed by atoms with van der Waals surface area (Å²) < 4.78 is 5.87. The molecule has 0 unspecified atom stereocenters. The zero-order chi connectivity index (χ0) is 19.9. The van der Waals surface area contributed by atoms with Crippen LogP contribution < -0.4 is 0 Å². The van der Waals surface area contributed by atoms with Crippen LogP contribution in [-0.2, 0) is 4.79 Å². The smallest absolute Gasteiger partial charge is 0.257 e. The average molecular weight is 380 g/mol. The number of benzene rings is 1. The maximum Gasteiger partial charge on any atom is 0.257 e. The van der Waals surface area contributed by atoms with Crippen molar-refractivity contribution >= 4 is 11.8 Å². The molecule has 2 saturated heterocycles. The molecule has 5 heteroatoms. The van der Waals surface area contributed by atoms with E-state index in [1.165, 1.54) is 0 Å². The van der Waals surface area contributed by atoms with Gasteiger partial charge in [-0.15, -0.1) is 0 Å². The van der Waals surface area contributed by atoms with E-state index in [9.17, 15) is 9.59 Å². The van der Waals surface area contributed by atoms with Gasteiger partial charge in [-0.2, -0.15) is 0 Å². The van der Waals surface area contributed by atoms with E-state index in [0.717, 1.165) is 37.1 Å². The van der Waals surface area contributed by atoms with Crippen LogP contribution in [0.1, 0.15) is 49.2 Å². The van der Waals surface area contributed by atoms with Crippen molar-refractivity contribution in [2.75, 3.05) is 19.6 Å². The lowest BCUT2D eigenvalue weighted by Gasteiger charge is -2.41. The van der Waals surface area contributed by atoms with Crippen molar-refractivity contribution in [3.63, 3.8) is 0 Å². The van der Waals surface area contributed by atoms with E-state index in [1.807, 2.05) is 53.1 Å². The van der Waals surface area contributed by atoms with E-state index in [0.29, 0.717) is 24.4 Å². The van der Waals surface area contributed by atoms with Gasteiger partial charge in [-0.05, 0) is 46.1 Å². The minimum Gasteiger partial charge on any atom is -0.461 e. The topological polar surface area (TPSA) is 53.8 Å². The fraction of sp³-hybridized carbons (Fsp3) is 0.478. The van der Waals surface area contributed by atoms with Crippen LogP contribution >= 0.6 is 0 Å². The van der Waals surface area contributed by atoms with Gasteiger partial charge in [0, 0.05) is 31.2 Å². The summed E-state index contributed by atoms with van der Waals surface area (Å²) in [5, 5.41) is 0. The highest BCUT2D eigenvalue weighted by atomic mass is 16.3. The number of hydrogen-bond acceptors (Lipinski definition) is 3. The summed E-state index contributed by atoms with van der Waals surface area (Å²) in [6, 6.07) is 11.7. The summed E-state index contributed by atoms with van der Waals surface area (Å²) in [7, 11) is 0. The van der Waals surface area contributed by atoms with Gasteiger partial charge in [0.05, 0.1) is 11.0 Å². The first kappa shape index (κ1) is 18.8. The molecule has 2 aromatic rings. The zero-order valence-electron chi connectivity index (χ0n) is 16.9. The Balaban J connectivity index is 1.59. The summed E-state index contributed by atoms with van der Waals surface area (Å²) in [5.41, 5.74) is 1.07. The van der Waals surface area contributed by atoms with Crippen molar-refractivity contribution < 1.29 is 14.0 Å². The number of carbonyl (C=O) groups is 2. The van der Waals surface area contributed by atoms with Gasteiger partial charge in [0.15, 0.2) is 0 Å². The Morgan fingerprint density at radius 1 is 1.14 bits per heavy atom. The molecule has 0 saturated carbocycles. The van der Waals surface area contributed by atoms with Crippen LogP contribution in [0.5, 0.6) is 0 Å². The molecule has 1 atom stereocenters. The number of rotatable bonds is 3. The molecular formula is C23H28N2O3. The minimum atomic E-state index is -0.413. The van der Waals surface area contributed by atoms with Gasteiger partial charge >= 0.3 is 0 Å². The molecule has 148 valence electrons. The number of piperidine rings is 1. The van der Waals surface area contributed by atoms with Gasteiger partial charge in [-0.1, -0.05) is 30.3 Å². The number of likely N-dealkylation sites (tertiary alicyclic amines) is 2. The van der Waals surface area contributed by atoms with Gasteiger partial charge in [0.25, 0.3) is 5.91 Å². The molecule has 1 spiro atoms. The van der Waals surface area contributed by atoms with Crippen LogP contribution in [0.3, 0.4) is 0 Å². The molecule has 3 heterocycles. The fourth-order valence-electron chi connectivity index (χ4n) is 4.67. The quantitative estimate of drug-likeness (QED) is 0.805. The molecule has 1 aromatic carbocycles. The number of aryl methyl sites for hydroxylation is 1. The maximum absolute atomic E-state index is 13.3. The second kappa shape index (κ2) is 7.12. The fourth-order valence-corrected chi connectivity index (χ4v) is 4.67. The predicted molar refractivity (Wildman–Crippen MR) is 108 cm³/mol. The van der Waals surface area contributed by atoms with E-state index >= 15 is 0 Å². The average Bonchev–Trinajstić information content (AvgIpc) is 3.29. The first-order valence-electron chi connectivity index (χ1n) is 10.2. The Bertz CT molecular complexity index is 887. The van der Waals surface area contributed by atoms with Crippen molar-refractivity contribution in [2.24, 2.45) is 5.41 Å². The molecule has 2 aliphatic rings. The van der Waals surface area contributed by atoms with Crippen LogP contribution in [0.2, 0.25) is 0 Å². The van der Waals surface area contributed by atoms with Crippen LogP contribution in [0.15, 0.2) is 40.8 Å². The lowest BCUT2D eigenvalue weighted by molar-refractivity contribution is -0.147. The highest BCUT2D eigenvalue weighted by Crippen LogP contribution is 2.41. The lowest BCUT2D eigenvalue weighted by atomic mass is 9.78. The standard InChI is InChI=1S/C23H28N2O3/c1-16(2)25-12-7-10-23(22(25)27)11-13-24(15-23)21(26)19-14-17(3)28-20(19)18-8-5-4-6-9-18/h4-6,8-9,14,16H,7,10-13,15H2,1-3H3/t23-/m1/s1. The molecular weight excluding hydrogens is 352 g/mol. The van der Waals surface area contributed by atoms with Gasteiger partial charge in [-0.3, -0.25) is 9.59 Å². The van der Waals surface area contributed by atoms with Gasteiger partial charge in [-0.25, -0.2) is 0 Å². The molecule has 0 radical (unpaired) electrons. The highest BCUT2D eigenvalue weighted by Gasteiger charge is 2.50. The molecule has 0 aliphatic carbocycles. The van der Waals surface area contributed by atoms with Crippen molar-refractivity contribution in [3.05, 3.63) is 47.7 Å². The van der Waals surface area contributed by atoms with Gasteiger partial charge in [0.1, 0.15) is 11.5 Å². The van der Waals surface area contributed by atoms with E-state index in [4.69, 9.17) is 4.42 Å². The predicted octanol–water partition coefficient (Wildman–Crippen LogP) is 4.12. The summed E-state index contributed by atoms with van der Waals surface area (Å²) in [6.45, 7) is 7.94. The maximum atomic E-state index is 13.3. The zero-order valence-corrected chi connectivity index (χ0v) is 16.9. The monoisotopic (exact) mass is 380 g/mol. The Labute approximate surface area is 166 Å². The molecule has 0 N–H and O–H groups in total. The van der Waals surface area contributed by atoms with Crippen molar-refractivity contribution in [1.82, 2.24) is 9.80 Å². The Morgan fingerprint density at radius 2 is 1.89 bits per heavy atom. The highest BCUT2D eigenvalue weighted by molar-refractivity contribution is 6.00. The molecule has 0 bridgehead atoms. The largest absolute Gasteiger partial charge is 0.461 e. The van der Waals surface area contributed by atoms with E-state index in [2.05, 4.69) is 13.8 Å². The summed E-state index contributed by atoms with van der Waals surface area (Å²) in [5.74, 6) is 1.51. The molecule has 2 amide bonds. The normalized spacial score (nSPS) is 22.5. The summed E-state index contributed by atoms with van der Waals surface area (Å²) in [4.78, 5) is 30.3. The van der Waals surface area contributed by atoms with Crippen LogP contribution in [0.4, 0.5) is 0 Å². The summed E-state index contributed by atoms with van der Waals surface area (Å²) in [6.07, 6.45) is 2.62. The van der Waals surface area contributed by atoms with Crippen molar-refractivity contribution in [2.45, 2.75) is 46.1 Å². The summed E-state index contributed by atoms with van der Waals surface area (Å²) >= 11 is 0. The number of hydrogen-bond donors (Lipinski definition) is 0. The molecule has 1 aromatic heterocycles. The third-order valence-corrected chi connectivity index (χ3v) is 6.15. The SMILES string of the molecule is Cc1cc(C(=O)N2CC[C@]3(CCCN(C(C)C)C3=O)C2)c(-c2ccccc2)o1. The Hall–Kier alpha value is -2.56. The number of furan rings is 1. The second-order valence-corrected chi connectivity index (χ2v) is 8.42. The van der Waals surface area contributed by atoms with Crippen LogP contribution in [0, 0.1) is 12.3 Å². The van der Waals surface area contributed by atoms with Crippen molar-refractivity contribution in [1.29, 1.82) is 0 Å². The van der Waals surface area contributed by atoms with Crippen molar-refractivity contribution in [3.8, 4) is 11.3 Å². The third kappa shape index (κ3) is 3.13. The number of nitrogens with zero attached hydrogens (tertiary/aromatic N) is 2. The van der Waals surface area contributed by atoms with E-state index in [-0.39, 0.29) is 17.9 Å². The first-order chi connectivity index (χ1) is 13.4. The molecule has 4 rings (SSSR count). The molecule has 2 fully saturated rings. The van der Waals surface area contributed by atoms with Crippen LogP contribution in [0.25, 0.3) is 11.3 Å². The second-order valence-electron chi connectivity index (χ2n) is 8.42. The Kier molecular flexibility index (Phi) is 4.77. The van der Waals surface area contributed by atoms with E-state index < -0.39 is 5.41 Å². The van der Waals surface area contributed by atoms with Gasteiger partial charge < -0.3 is 14.2 Å². The minimum absolute atomic E-state index is 0.0398. The molecule has 28 heavy (non-hydrogen) atoms. The molecule has 5 nitrogen and oxygen atoms in total. The Morgan fingerprint density at radius 3 is 2.61 bits per heavy atom. The lowest BCUT2D eigenvalue weighted by Crippen LogP contribution is -2.52. The number of amides is 2. The van der Waals surface area contributed by atoms with Crippen LogP contribution in [-0.4, -0.2) is 47.3 Å². The first-order valence-corrected chi connectivity index (χ1v) is 10.2. The molecule has 2 aliphatic heterocycles. The number of carbonyl (C=O) groups excluding carboxylic acids is 2. The van der Waals surface area contributed by atoms with E-state index in [1.54, 1.807) is 0 Å². The van der Waals surface area contributed by atoms with Gasteiger partial charge in [0.2, 0.25) is 5.91 Å². The third-order valence-electron chi connectivity index (χ3n) is 6.15.